The maximum absolute atomic E-state index is 6.17. The van der Waals surface area contributed by atoms with Gasteiger partial charge >= 0.3 is 0 Å². The Balaban J connectivity index is 1.37. The molecule has 12 nitrogen and oxygen atoms in total. The number of benzene rings is 1. The van der Waals surface area contributed by atoms with Crippen molar-refractivity contribution < 1.29 is 4.74 Å². The maximum atomic E-state index is 6.17. The van der Waals surface area contributed by atoms with E-state index in [1.807, 2.05) is 61.5 Å². The van der Waals surface area contributed by atoms with Gasteiger partial charge in [-0.25, -0.2) is 19.5 Å². The normalized spacial score (nSPS) is 14.4. The summed E-state index contributed by atoms with van der Waals surface area (Å²) in [5.41, 5.74) is 8.91. The Bertz CT molecular complexity index is 2130. The van der Waals surface area contributed by atoms with Crippen molar-refractivity contribution >= 4 is 16.6 Å². The highest BCUT2D eigenvalue weighted by Crippen LogP contribution is 2.48. The molecule has 1 aliphatic heterocycles. The zero-order chi connectivity index (χ0) is 27.8. The van der Waals surface area contributed by atoms with Gasteiger partial charge < -0.3 is 4.74 Å². The predicted molar refractivity (Wildman–Crippen MR) is 151 cm³/mol. The summed E-state index contributed by atoms with van der Waals surface area (Å²) < 4.78 is 11.6. The predicted octanol–water partition coefficient (Wildman–Crippen LogP) is 4.58. The van der Waals surface area contributed by atoms with Crippen LogP contribution in [-0.2, 0) is 13.6 Å². The highest BCUT2D eigenvalue weighted by atomic mass is 16.5. The van der Waals surface area contributed by atoms with Crippen LogP contribution in [0.15, 0.2) is 55.2 Å². The van der Waals surface area contributed by atoms with Gasteiger partial charge in [-0.05, 0) is 32.9 Å². The molecule has 6 aromatic heterocycles. The molecule has 0 radical (unpaired) electrons. The second-order valence-electron chi connectivity index (χ2n) is 10.2. The van der Waals surface area contributed by atoms with Crippen LogP contribution in [0.2, 0.25) is 0 Å². The van der Waals surface area contributed by atoms with Gasteiger partial charge in [0.2, 0.25) is 11.8 Å². The fourth-order valence-electron chi connectivity index (χ4n) is 5.81. The zero-order valence-corrected chi connectivity index (χ0v) is 22.9. The first-order valence-corrected chi connectivity index (χ1v) is 13.4. The molecule has 0 unspecified atom stereocenters. The molecule has 0 fully saturated rings. The Hall–Kier alpha value is -5.39. The molecule has 202 valence electrons. The number of nitrogens with one attached hydrogen (secondary N) is 1. The lowest BCUT2D eigenvalue weighted by molar-refractivity contribution is 0.416. The lowest BCUT2D eigenvalue weighted by Crippen LogP contribution is -2.14. The number of aromatic amines is 1. The van der Waals surface area contributed by atoms with Crippen LogP contribution >= 0.6 is 0 Å². The molecular formula is C29H25N11O. The summed E-state index contributed by atoms with van der Waals surface area (Å²) in [5, 5.41) is 22.3. The van der Waals surface area contributed by atoms with Crippen molar-refractivity contribution in [2.45, 2.75) is 33.2 Å². The quantitative estimate of drug-likeness (QED) is 0.341. The van der Waals surface area contributed by atoms with Crippen molar-refractivity contribution in [3.63, 3.8) is 0 Å². The second-order valence-corrected chi connectivity index (χ2v) is 10.2. The standard InChI is InChI=1S/C29H25N11O/c1-5-39-16(3)20(12-32-39)22-10-19(18-8-6-7-9-21(18)33-22)26-34-27-25-24(17-11-31-38(4)13-17)23-15(2)35-36-29(23)41-28(25)30-14-40(27)37-26/h6-14,24H,5H2,1-4H3,(H,35,36)/t24-/m0/s1. The third-order valence-corrected chi connectivity index (χ3v) is 7.81. The molecule has 1 aliphatic rings. The Labute approximate surface area is 233 Å². The molecule has 0 saturated heterocycles. The molecule has 1 atom stereocenters. The van der Waals surface area contributed by atoms with E-state index in [0.717, 1.165) is 62.3 Å². The SMILES string of the molecule is CCn1ncc(-c2cc(-c3nc4c5c(ncn4n3)Oc3n[nH]c(C)c3[C@@H]5c3cnn(C)c3)c3ccccc3n2)c1C. The van der Waals surface area contributed by atoms with Crippen molar-refractivity contribution in [2.75, 3.05) is 0 Å². The number of para-hydroxylation sites is 1. The van der Waals surface area contributed by atoms with E-state index in [1.165, 1.54) is 0 Å². The molecule has 1 N–H and O–H groups in total. The number of aryl methyl sites for hydroxylation is 3. The topological polar surface area (TPSA) is 130 Å². The first-order chi connectivity index (χ1) is 20.0. The van der Waals surface area contributed by atoms with Crippen LogP contribution in [0.3, 0.4) is 0 Å². The van der Waals surface area contributed by atoms with Crippen molar-refractivity contribution in [3.05, 3.63) is 83.3 Å². The number of hydrogen-bond acceptors (Lipinski definition) is 8. The van der Waals surface area contributed by atoms with Gasteiger partial charge in [-0.15, -0.1) is 10.2 Å². The van der Waals surface area contributed by atoms with Crippen LogP contribution in [0.25, 0.3) is 39.2 Å². The summed E-state index contributed by atoms with van der Waals surface area (Å²) in [6.45, 7) is 6.92. The molecule has 0 spiro atoms. The smallest absolute Gasteiger partial charge is 0.244 e. The minimum atomic E-state index is -0.235. The Morgan fingerprint density at radius 3 is 2.68 bits per heavy atom. The van der Waals surface area contributed by atoms with E-state index in [2.05, 4.69) is 45.3 Å². The van der Waals surface area contributed by atoms with E-state index in [1.54, 1.807) is 15.5 Å². The number of ether oxygens (including phenoxy) is 1. The fourth-order valence-corrected chi connectivity index (χ4v) is 5.81. The van der Waals surface area contributed by atoms with E-state index in [-0.39, 0.29) is 5.92 Å². The molecule has 1 aromatic carbocycles. The molecule has 0 aliphatic carbocycles. The van der Waals surface area contributed by atoms with Crippen LogP contribution in [0.4, 0.5) is 0 Å². The monoisotopic (exact) mass is 543 g/mol. The van der Waals surface area contributed by atoms with E-state index in [9.17, 15) is 0 Å². The van der Waals surface area contributed by atoms with Gasteiger partial charge in [0.15, 0.2) is 11.5 Å². The molecule has 0 bridgehead atoms. The van der Waals surface area contributed by atoms with Gasteiger partial charge in [-0.1, -0.05) is 18.2 Å². The van der Waals surface area contributed by atoms with E-state index in [0.29, 0.717) is 23.2 Å². The Morgan fingerprint density at radius 1 is 1.00 bits per heavy atom. The first-order valence-electron chi connectivity index (χ1n) is 13.4. The Kier molecular flexibility index (Phi) is 4.90. The van der Waals surface area contributed by atoms with Crippen LogP contribution in [0, 0.1) is 13.8 Å². The molecule has 0 saturated carbocycles. The number of aromatic nitrogens is 11. The van der Waals surface area contributed by atoms with Gasteiger partial charge in [0, 0.05) is 58.8 Å². The molecular weight excluding hydrogens is 518 g/mol. The molecule has 7 aromatic rings. The lowest BCUT2D eigenvalue weighted by Gasteiger charge is -2.24. The summed E-state index contributed by atoms with van der Waals surface area (Å²) in [4.78, 5) is 14.7. The van der Waals surface area contributed by atoms with Crippen LogP contribution in [0.1, 0.15) is 40.9 Å². The average Bonchev–Trinajstić information content (AvgIpc) is 3.77. The van der Waals surface area contributed by atoms with Crippen molar-refractivity contribution in [3.8, 4) is 34.4 Å². The zero-order valence-electron chi connectivity index (χ0n) is 22.9. The Morgan fingerprint density at radius 2 is 1.88 bits per heavy atom. The summed E-state index contributed by atoms with van der Waals surface area (Å²) in [6.07, 6.45) is 7.36. The molecule has 8 rings (SSSR count). The van der Waals surface area contributed by atoms with Crippen molar-refractivity contribution in [1.29, 1.82) is 0 Å². The van der Waals surface area contributed by atoms with Gasteiger partial charge in [-0.2, -0.15) is 10.2 Å². The molecule has 0 amide bonds. The summed E-state index contributed by atoms with van der Waals surface area (Å²) in [6, 6.07) is 10.1. The number of nitrogens with zero attached hydrogens (tertiary/aromatic N) is 10. The molecule has 12 heteroatoms. The second kappa shape index (κ2) is 8.55. The molecule has 7 heterocycles. The third-order valence-electron chi connectivity index (χ3n) is 7.81. The lowest BCUT2D eigenvalue weighted by atomic mass is 9.86. The van der Waals surface area contributed by atoms with Gasteiger partial charge in [-0.3, -0.25) is 14.5 Å². The minimum Gasteiger partial charge on any atom is -0.418 e. The summed E-state index contributed by atoms with van der Waals surface area (Å²) in [7, 11) is 1.90. The number of pyridine rings is 1. The van der Waals surface area contributed by atoms with Crippen LogP contribution in [-0.4, -0.2) is 54.3 Å². The highest BCUT2D eigenvalue weighted by molar-refractivity contribution is 5.95. The van der Waals surface area contributed by atoms with Crippen LogP contribution < -0.4 is 4.74 Å². The largest absolute Gasteiger partial charge is 0.418 e. The summed E-state index contributed by atoms with van der Waals surface area (Å²) in [5.74, 6) is 1.29. The van der Waals surface area contributed by atoms with E-state index < -0.39 is 0 Å². The first kappa shape index (κ1) is 23.5. The summed E-state index contributed by atoms with van der Waals surface area (Å²) >= 11 is 0. The maximum Gasteiger partial charge on any atom is 0.244 e. The molecule has 41 heavy (non-hydrogen) atoms. The third kappa shape index (κ3) is 3.43. The van der Waals surface area contributed by atoms with Crippen LogP contribution in [0.5, 0.6) is 11.8 Å². The van der Waals surface area contributed by atoms with Crippen molar-refractivity contribution in [1.82, 2.24) is 54.3 Å². The number of H-pyrrole nitrogens is 1. The number of fused-ring (bicyclic) bond motifs is 5. The fraction of sp³-hybridized carbons (Fsp3) is 0.207. The minimum absolute atomic E-state index is 0.235. The number of rotatable bonds is 4. The highest BCUT2D eigenvalue weighted by Gasteiger charge is 2.37. The van der Waals surface area contributed by atoms with Gasteiger partial charge in [0.25, 0.3) is 0 Å². The van der Waals surface area contributed by atoms with Crippen molar-refractivity contribution in [2.24, 2.45) is 7.05 Å². The average molecular weight is 544 g/mol. The van der Waals surface area contributed by atoms with Gasteiger partial charge in [0.1, 0.15) is 6.33 Å². The van der Waals surface area contributed by atoms with E-state index >= 15 is 0 Å². The number of hydrogen-bond donors (Lipinski definition) is 1. The van der Waals surface area contributed by atoms with Gasteiger partial charge in [0.05, 0.1) is 35.1 Å². The van der Waals surface area contributed by atoms with E-state index in [4.69, 9.17) is 19.8 Å².